The van der Waals surface area contributed by atoms with Gasteiger partial charge in [0, 0.05) is 30.9 Å². The van der Waals surface area contributed by atoms with Gasteiger partial charge in [-0.05, 0) is 48.9 Å². The Bertz CT molecular complexity index is 821. The molecule has 4 nitrogen and oxygen atoms in total. The van der Waals surface area contributed by atoms with Crippen molar-refractivity contribution in [2.24, 2.45) is 0 Å². The van der Waals surface area contributed by atoms with Crippen LogP contribution in [-0.4, -0.2) is 33.2 Å². The molecule has 6 heteroatoms. The van der Waals surface area contributed by atoms with Crippen LogP contribution >= 0.6 is 23.5 Å². The van der Waals surface area contributed by atoms with Gasteiger partial charge in [0.2, 0.25) is 0 Å². The van der Waals surface area contributed by atoms with E-state index in [4.69, 9.17) is 4.74 Å². The number of ether oxygens (including phenoxy) is 1. The van der Waals surface area contributed by atoms with Crippen LogP contribution in [0.25, 0.3) is 0 Å². The van der Waals surface area contributed by atoms with Crippen LogP contribution < -0.4 is 4.74 Å². The fraction of sp³-hybridized carbons (Fsp3) is 0.300. The summed E-state index contributed by atoms with van der Waals surface area (Å²) in [6.45, 7) is 3.66. The summed E-state index contributed by atoms with van der Waals surface area (Å²) in [6.07, 6.45) is 8.74. The number of imidazole rings is 1. The van der Waals surface area contributed by atoms with Crippen molar-refractivity contribution >= 4 is 23.5 Å². The van der Waals surface area contributed by atoms with Crippen molar-refractivity contribution in [1.82, 2.24) is 14.5 Å². The predicted octanol–water partition coefficient (Wildman–Crippen LogP) is 4.92. The number of nitrogens with zero attached hydrogens (tertiary/aromatic N) is 3. The third-order valence-corrected chi connectivity index (χ3v) is 5.77. The summed E-state index contributed by atoms with van der Waals surface area (Å²) in [7, 11) is 0. The van der Waals surface area contributed by atoms with E-state index >= 15 is 0 Å². The molecule has 1 aromatic carbocycles. The van der Waals surface area contributed by atoms with E-state index in [1.165, 1.54) is 11.1 Å². The smallest absolute Gasteiger partial charge is 0.167 e. The molecule has 0 N–H and O–H groups in total. The average Bonchev–Trinajstić information content (AvgIpc) is 3.12. The zero-order chi connectivity index (χ0) is 18.2. The molecule has 136 valence electrons. The van der Waals surface area contributed by atoms with Crippen molar-refractivity contribution in [3.8, 4) is 5.75 Å². The van der Waals surface area contributed by atoms with Gasteiger partial charge < -0.3 is 9.30 Å². The summed E-state index contributed by atoms with van der Waals surface area (Å²) in [5.41, 5.74) is 2.46. The Kier molecular flexibility index (Phi) is 7.03. The van der Waals surface area contributed by atoms with Gasteiger partial charge in [-0.15, -0.1) is 11.8 Å². The molecular weight excluding hydrogens is 362 g/mol. The second-order valence-electron chi connectivity index (χ2n) is 5.80. The molecule has 0 spiro atoms. The van der Waals surface area contributed by atoms with E-state index in [9.17, 15) is 0 Å². The zero-order valence-electron chi connectivity index (χ0n) is 15.1. The SMILES string of the molecule is CSc1nccn1Cc1cccc(OCCCSc2ccccn2)c1C. The van der Waals surface area contributed by atoms with Gasteiger partial charge in [0.05, 0.1) is 11.6 Å². The summed E-state index contributed by atoms with van der Waals surface area (Å²) in [6, 6.07) is 12.3. The third-order valence-electron chi connectivity index (χ3n) is 4.03. The van der Waals surface area contributed by atoms with Crippen LogP contribution in [0.15, 0.2) is 65.2 Å². The highest BCUT2D eigenvalue weighted by Crippen LogP contribution is 2.24. The van der Waals surface area contributed by atoms with Crippen LogP contribution in [0.2, 0.25) is 0 Å². The average molecular weight is 386 g/mol. The summed E-state index contributed by atoms with van der Waals surface area (Å²) >= 11 is 3.43. The standard InChI is InChI=1S/C20H23N3OS2/c1-16-17(15-23-12-11-22-20(23)25-2)7-5-8-18(16)24-13-6-14-26-19-9-3-4-10-21-19/h3-5,7-12H,6,13-15H2,1-2H3. The van der Waals surface area contributed by atoms with E-state index in [0.29, 0.717) is 6.61 Å². The fourth-order valence-corrected chi connectivity index (χ4v) is 3.93. The molecule has 0 atom stereocenters. The Morgan fingerprint density at radius 1 is 1.08 bits per heavy atom. The molecule has 0 bridgehead atoms. The van der Waals surface area contributed by atoms with Gasteiger partial charge in [0.25, 0.3) is 0 Å². The summed E-state index contributed by atoms with van der Waals surface area (Å²) in [5.74, 6) is 1.97. The van der Waals surface area contributed by atoms with Crippen LogP contribution in [0.4, 0.5) is 0 Å². The number of hydrogen-bond donors (Lipinski definition) is 0. The molecule has 26 heavy (non-hydrogen) atoms. The molecule has 3 rings (SSSR count). The first-order valence-electron chi connectivity index (χ1n) is 8.58. The molecule has 0 aliphatic heterocycles. The molecule has 2 aromatic heterocycles. The van der Waals surface area contributed by atoms with E-state index in [1.54, 1.807) is 23.5 Å². The summed E-state index contributed by atoms with van der Waals surface area (Å²) in [5, 5.41) is 2.10. The number of hydrogen-bond acceptors (Lipinski definition) is 5. The highest BCUT2D eigenvalue weighted by atomic mass is 32.2. The van der Waals surface area contributed by atoms with E-state index in [-0.39, 0.29) is 0 Å². The third kappa shape index (κ3) is 5.05. The Morgan fingerprint density at radius 2 is 2.00 bits per heavy atom. The van der Waals surface area contributed by atoms with Gasteiger partial charge in [0.15, 0.2) is 5.16 Å². The molecule has 0 unspecified atom stereocenters. The minimum Gasteiger partial charge on any atom is -0.493 e. The quantitative estimate of drug-likeness (QED) is 0.386. The lowest BCUT2D eigenvalue weighted by Gasteiger charge is -2.14. The van der Waals surface area contributed by atoms with Crippen molar-refractivity contribution < 1.29 is 4.74 Å². The molecule has 3 aromatic rings. The zero-order valence-corrected chi connectivity index (χ0v) is 16.7. The second-order valence-corrected chi connectivity index (χ2v) is 7.69. The topological polar surface area (TPSA) is 39.9 Å². The van der Waals surface area contributed by atoms with Crippen molar-refractivity contribution in [2.75, 3.05) is 18.6 Å². The molecular formula is C20H23N3OS2. The van der Waals surface area contributed by atoms with Gasteiger partial charge in [-0.3, -0.25) is 0 Å². The lowest BCUT2D eigenvalue weighted by atomic mass is 10.1. The molecule has 0 saturated carbocycles. The molecule has 0 aliphatic rings. The van der Waals surface area contributed by atoms with Crippen molar-refractivity contribution in [3.63, 3.8) is 0 Å². The van der Waals surface area contributed by atoms with Gasteiger partial charge in [0.1, 0.15) is 5.75 Å². The number of rotatable bonds is 9. The summed E-state index contributed by atoms with van der Waals surface area (Å²) in [4.78, 5) is 8.69. The maximum Gasteiger partial charge on any atom is 0.167 e. The van der Waals surface area contributed by atoms with E-state index < -0.39 is 0 Å². The molecule has 0 fully saturated rings. The van der Waals surface area contributed by atoms with Crippen molar-refractivity contribution in [3.05, 3.63) is 66.1 Å². The number of benzene rings is 1. The second kappa shape index (κ2) is 9.69. The minimum atomic E-state index is 0.714. The monoisotopic (exact) mass is 385 g/mol. The Hall–Kier alpha value is -1.92. The maximum absolute atomic E-state index is 6.03. The highest BCUT2D eigenvalue weighted by molar-refractivity contribution is 7.99. The molecule has 0 saturated heterocycles. The number of thioether (sulfide) groups is 2. The lowest BCUT2D eigenvalue weighted by Crippen LogP contribution is -2.05. The molecule has 2 heterocycles. The highest BCUT2D eigenvalue weighted by Gasteiger charge is 2.08. The first-order chi connectivity index (χ1) is 12.8. The van der Waals surface area contributed by atoms with Crippen molar-refractivity contribution in [1.29, 1.82) is 0 Å². The van der Waals surface area contributed by atoms with Crippen LogP contribution in [-0.2, 0) is 6.54 Å². The van der Waals surface area contributed by atoms with Gasteiger partial charge in [-0.1, -0.05) is 30.0 Å². The Balaban J connectivity index is 1.52. The van der Waals surface area contributed by atoms with Crippen molar-refractivity contribution in [2.45, 2.75) is 30.1 Å². The fourth-order valence-electron chi connectivity index (χ4n) is 2.63. The number of aromatic nitrogens is 3. The van der Waals surface area contributed by atoms with Gasteiger partial charge >= 0.3 is 0 Å². The van der Waals surface area contributed by atoms with Gasteiger partial charge in [-0.25, -0.2) is 9.97 Å². The first-order valence-corrected chi connectivity index (χ1v) is 10.8. The minimum absolute atomic E-state index is 0.714. The predicted molar refractivity (Wildman–Crippen MR) is 109 cm³/mol. The van der Waals surface area contributed by atoms with Crippen LogP contribution in [0, 0.1) is 6.92 Å². The molecule has 0 aliphatic carbocycles. The van der Waals surface area contributed by atoms with E-state index in [2.05, 4.69) is 33.6 Å². The van der Waals surface area contributed by atoms with Gasteiger partial charge in [-0.2, -0.15) is 0 Å². The number of pyridine rings is 1. The first kappa shape index (κ1) is 18.9. The molecule has 0 radical (unpaired) electrons. The molecule has 0 amide bonds. The van der Waals surface area contributed by atoms with E-state index in [1.807, 2.05) is 49.1 Å². The van der Waals surface area contributed by atoms with Crippen LogP contribution in [0.5, 0.6) is 5.75 Å². The van der Waals surface area contributed by atoms with Crippen LogP contribution in [0.1, 0.15) is 17.5 Å². The lowest BCUT2D eigenvalue weighted by molar-refractivity contribution is 0.316. The Morgan fingerprint density at radius 3 is 2.81 bits per heavy atom. The normalized spacial score (nSPS) is 10.8. The largest absolute Gasteiger partial charge is 0.493 e. The Labute approximate surface area is 163 Å². The summed E-state index contributed by atoms with van der Waals surface area (Å²) < 4.78 is 8.19. The maximum atomic E-state index is 6.03. The van der Waals surface area contributed by atoms with Crippen LogP contribution in [0.3, 0.4) is 0 Å². The van der Waals surface area contributed by atoms with E-state index in [0.717, 1.165) is 34.7 Å².